The molecule has 3 aromatic carbocycles. The van der Waals surface area contributed by atoms with E-state index < -0.39 is 20.0 Å². The van der Waals surface area contributed by atoms with Gasteiger partial charge >= 0.3 is 6.09 Å². The third-order valence-corrected chi connectivity index (χ3v) is 13.2. The molecule has 2 fully saturated rings. The van der Waals surface area contributed by atoms with Crippen molar-refractivity contribution >= 4 is 47.6 Å². The van der Waals surface area contributed by atoms with Gasteiger partial charge in [-0.2, -0.15) is 0 Å². The Balaban J connectivity index is 1.17. The quantitative estimate of drug-likeness (QED) is 0.202. The molecule has 0 radical (unpaired) electrons. The monoisotopic (exact) mass is 745 g/mol. The van der Waals surface area contributed by atoms with Gasteiger partial charge in [-0.25, -0.2) is 4.79 Å². The lowest BCUT2D eigenvalue weighted by molar-refractivity contribution is -0.146. The van der Waals surface area contributed by atoms with Crippen LogP contribution in [0.15, 0.2) is 83.5 Å². The van der Waals surface area contributed by atoms with Crippen LogP contribution >= 0.6 is 15.9 Å². The Hall–Kier alpha value is -3.88. The Morgan fingerprint density at radius 1 is 1.08 bits per heavy atom. The molecular formula is C36H40BrN5O6Si. The van der Waals surface area contributed by atoms with Gasteiger partial charge in [0.2, 0.25) is 0 Å². The SMILES string of the molecule is C[C@H]1[C@H]([Si](C)(C)O)[C@@H](CCn2cc(C(CO)c3ccccc3)nn2)O[C@]12C(=O)N(Cc1cccc(N3CCOC3=O)c1)c1ccc(Br)cc12. The summed E-state index contributed by atoms with van der Waals surface area (Å²) >= 11 is 3.63. The largest absolute Gasteiger partial charge is 0.447 e. The first-order chi connectivity index (χ1) is 23.5. The number of nitrogens with zero attached hydrogens (tertiary/aromatic N) is 5. The van der Waals surface area contributed by atoms with Crippen LogP contribution in [0.5, 0.6) is 0 Å². The summed E-state index contributed by atoms with van der Waals surface area (Å²) in [6.07, 6.45) is 1.56. The number of anilines is 2. The van der Waals surface area contributed by atoms with Gasteiger partial charge in [-0.1, -0.05) is 70.5 Å². The van der Waals surface area contributed by atoms with Crippen molar-refractivity contribution < 1.29 is 29.0 Å². The lowest BCUT2D eigenvalue weighted by Gasteiger charge is -2.32. The van der Waals surface area contributed by atoms with E-state index in [0.29, 0.717) is 31.8 Å². The topological polar surface area (TPSA) is 130 Å². The molecule has 3 aliphatic rings. The summed E-state index contributed by atoms with van der Waals surface area (Å²) in [7, 11) is -2.87. The van der Waals surface area contributed by atoms with Crippen LogP contribution in [0.2, 0.25) is 18.6 Å². The highest BCUT2D eigenvalue weighted by Crippen LogP contribution is 2.60. The minimum absolute atomic E-state index is 0.0937. The second kappa shape index (κ2) is 13.1. The van der Waals surface area contributed by atoms with E-state index in [-0.39, 0.29) is 42.5 Å². The predicted octanol–water partition coefficient (Wildman–Crippen LogP) is 5.56. The molecule has 0 saturated carbocycles. The Morgan fingerprint density at radius 2 is 1.88 bits per heavy atom. The average molecular weight is 747 g/mol. The highest BCUT2D eigenvalue weighted by atomic mass is 79.9. The van der Waals surface area contributed by atoms with Crippen LogP contribution in [0.3, 0.4) is 0 Å². The molecule has 1 unspecified atom stereocenters. The zero-order chi connectivity index (χ0) is 34.5. The number of fused-ring (bicyclic) bond motifs is 2. The second-order valence-electron chi connectivity index (χ2n) is 13.7. The molecule has 2 amide bonds. The van der Waals surface area contributed by atoms with Crippen molar-refractivity contribution in [2.24, 2.45) is 5.92 Å². The molecule has 7 rings (SSSR count). The maximum Gasteiger partial charge on any atom is 0.414 e. The number of aryl methyl sites for hydroxylation is 1. The zero-order valence-electron chi connectivity index (χ0n) is 27.7. The number of rotatable bonds is 10. The highest BCUT2D eigenvalue weighted by molar-refractivity contribution is 9.10. The van der Waals surface area contributed by atoms with Crippen molar-refractivity contribution in [3.8, 4) is 0 Å². The number of carbonyl (C=O) groups excluding carboxylic acids is 2. The molecule has 11 nitrogen and oxygen atoms in total. The third-order valence-electron chi connectivity index (χ3n) is 10.2. The van der Waals surface area contributed by atoms with Gasteiger partial charge in [0.1, 0.15) is 6.61 Å². The summed E-state index contributed by atoms with van der Waals surface area (Å²) in [5.74, 6) is -0.774. The molecule has 2 N–H and O–H groups in total. The molecule has 49 heavy (non-hydrogen) atoms. The minimum atomic E-state index is -2.87. The van der Waals surface area contributed by atoms with Crippen molar-refractivity contribution in [1.82, 2.24) is 15.0 Å². The van der Waals surface area contributed by atoms with E-state index in [1.165, 1.54) is 0 Å². The first-order valence-corrected chi connectivity index (χ1v) is 20.4. The second-order valence-corrected chi connectivity index (χ2v) is 18.6. The number of amides is 2. The normalized spacial score (nSPS) is 24.2. The van der Waals surface area contributed by atoms with Crippen molar-refractivity contribution in [2.45, 2.75) is 62.7 Å². The number of halogens is 1. The van der Waals surface area contributed by atoms with Gasteiger partial charge in [0.05, 0.1) is 43.1 Å². The van der Waals surface area contributed by atoms with E-state index in [1.54, 1.807) is 14.5 Å². The fourth-order valence-corrected chi connectivity index (χ4v) is 11.0. The Morgan fingerprint density at radius 3 is 2.59 bits per heavy atom. The fraction of sp³-hybridized carbons (Fsp3) is 0.389. The molecule has 2 saturated heterocycles. The molecule has 4 heterocycles. The number of carbonyl (C=O) groups is 2. The van der Waals surface area contributed by atoms with Crippen LogP contribution in [0.4, 0.5) is 16.2 Å². The van der Waals surface area contributed by atoms with Gasteiger partial charge in [-0.3, -0.25) is 14.4 Å². The first kappa shape index (κ1) is 33.6. The molecule has 13 heteroatoms. The number of ether oxygens (including phenoxy) is 2. The highest BCUT2D eigenvalue weighted by Gasteiger charge is 2.66. The maximum absolute atomic E-state index is 14.8. The van der Waals surface area contributed by atoms with Crippen LogP contribution < -0.4 is 9.80 Å². The van der Waals surface area contributed by atoms with E-state index in [0.717, 1.165) is 32.5 Å². The number of aromatic nitrogens is 3. The number of benzene rings is 3. The third kappa shape index (κ3) is 6.01. The molecule has 5 atom stereocenters. The number of aliphatic hydroxyl groups excluding tert-OH is 1. The van der Waals surface area contributed by atoms with Gasteiger partial charge in [0, 0.05) is 39.9 Å². The van der Waals surface area contributed by atoms with E-state index >= 15 is 0 Å². The molecule has 3 aliphatic heterocycles. The Kier molecular flexibility index (Phi) is 8.99. The summed E-state index contributed by atoms with van der Waals surface area (Å²) in [4.78, 5) is 42.1. The molecule has 0 aliphatic carbocycles. The van der Waals surface area contributed by atoms with Gasteiger partial charge in [0.25, 0.3) is 5.91 Å². The fourth-order valence-electron chi connectivity index (χ4n) is 8.01. The Labute approximate surface area is 294 Å². The van der Waals surface area contributed by atoms with Crippen LogP contribution in [-0.2, 0) is 33.0 Å². The summed E-state index contributed by atoms with van der Waals surface area (Å²) in [5, 5.41) is 18.9. The number of cyclic esters (lactones) is 1. The van der Waals surface area contributed by atoms with Crippen molar-refractivity contribution in [2.75, 3.05) is 29.6 Å². The Bertz CT molecular complexity index is 1870. The number of hydrogen-bond donors (Lipinski definition) is 2. The molecule has 1 aromatic heterocycles. The number of hydrogen-bond acceptors (Lipinski definition) is 8. The van der Waals surface area contributed by atoms with Crippen LogP contribution in [0, 0.1) is 5.92 Å². The first-order valence-electron chi connectivity index (χ1n) is 16.6. The van der Waals surface area contributed by atoms with Crippen molar-refractivity contribution in [1.29, 1.82) is 0 Å². The number of aliphatic hydroxyl groups is 1. The van der Waals surface area contributed by atoms with E-state index in [2.05, 4.69) is 26.2 Å². The molecule has 4 aromatic rings. The summed E-state index contributed by atoms with van der Waals surface area (Å²) < 4.78 is 14.7. The van der Waals surface area contributed by atoms with Crippen LogP contribution in [0.25, 0.3) is 0 Å². The van der Waals surface area contributed by atoms with E-state index in [9.17, 15) is 19.5 Å². The molecule has 256 valence electrons. The van der Waals surface area contributed by atoms with E-state index in [4.69, 9.17) is 9.47 Å². The summed E-state index contributed by atoms with van der Waals surface area (Å²) in [5.41, 5.74) is 3.23. The van der Waals surface area contributed by atoms with Crippen molar-refractivity contribution in [3.63, 3.8) is 0 Å². The van der Waals surface area contributed by atoms with Crippen LogP contribution in [-0.4, -0.2) is 71.1 Å². The minimum Gasteiger partial charge on any atom is -0.447 e. The maximum atomic E-state index is 14.8. The molecule has 0 bridgehead atoms. The smallest absolute Gasteiger partial charge is 0.414 e. The van der Waals surface area contributed by atoms with Gasteiger partial charge in [0.15, 0.2) is 13.9 Å². The van der Waals surface area contributed by atoms with Gasteiger partial charge in [-0.15, -0.1) is 5.10 Å². The van der Waals surface area contributed by atoms with E-state index in [1.807, 2.05) is 99.0 Å². The standard InChI is InChI=1S/C36H40BrN5O6Si/c1-23-33(49(2,3)46)32(14-15-40-21-30(38-39-40)28(22-43)25-9-5-4-6-10-25)48-36(23)29-19-26(37)12-13-31(29)42(34(36)44)20-24-8-7-11-27(18-24)41-16-17-47-35(41)45/h4-13,18-19,21,23,28,32-33,43,46H,14-17,20,22H2,1-3H3/t23-,28?,32+,33-,36+/m0/s1. The zero-order valence-corrected chi connectivity index (χ0v) is 30.3. The molecule has 1 spiro atoms. The average Bonchev–Trinajstić information content (AvgIpc) is 3.84. The summed E-state index contributed by atoms with van der Waals surface area (Å²) in [6, 6.07) is 23.2. The van der Waals surface area contributed by atoms with Crippen LogP contribution in [0.1, 0.15) is 41.6 Å². The molecular weight excluding hydrogens is 706 g/mol. The predicted molar refractivity (Wildman–Crippen MR) is 190 cm³/mol. The lowest BCUT2D eigenvalue weighted by atomic mass is 9.82. The van der Waals surface area contributed by atoms with Crippen molar-refractivity contribution in [3.05, 3.63) is 106 Å². The lowest BCUT2D eigenvalue weighted by Crippen LogP contribution is -2.46. The van der Waals surface area contributed by atoms with Gasteiger partial charge in [-0.05, 0) is 61.0 Å². The summed E-state index contributed by atoms with van der Waals surface area (Å²) in [6.45, 7) is 7.33. The van der Waals surface area contributed by atoms with Gasteiger partial charge < -0.3 is 24.3 Å².